The molecule has 0 aliphatic heterocycles. The lowest BCUT2D eigenvalue weighted by molar-refractivity contribution is -0.384. The van der Waals surface area contributed by atoms with Crippen molar-refractivity contribution < 1.29 is 14.8 Å². The van der Waals surface area contributed by atoms with Crippen LogP contribution in [0.2, 0.25) is 0 Å². The normalized spacial score (nSPS) is 10.9. The maximum Gasteiger partial charge on any atom is 0.309 e. The lowest BCUT2D eigenvalue weighted by atomic mass is 10.1. The first-order chi connectivity index (χ1) is 10.0. The first kappa shape index (κ1) is 13.3. The standard InChI is InChI=1S/C13H9N3O4S/c17-12(18)5-9-6-15-11(7-21-13(15)14-9)8-2-1-3-10(4-8)16(19)20/h1-4,6-7H,5H2,(H,17,18). The van der Waals surface area contributed by atoms with Gasteiger partial charge in [0, 0.05) is 29.3 Å². The number of benzene rings is 1. The zero-order valence-corrected chi connectivity index (χ0v) is 11.4. The number of rotatable bonds is 4. The number of hydrogen-bond acceptors (Lipinski definition) is 5. The number of imidazole rings is 1. The van der Waals surface area contributed by atoms with Crippen LogP contribution in [0.15, 0.2) is 35.8 Å². The summed E-state index contributed by atoms with van der Waals surface area (Å²) in [6.07, 6.45) is 1.50. The maximum absolute atomic E-state index is 10.8. The third-order valence-electron chi connectivity index (χ3n) is 2.94. The van der Waals surface area contributed by atoms with Gasteiger partial charge < -0.3 is 5.11 Å². The van der Waals surface area contributed by atoms with Crippen molar-refractivity contribution in [2.75, 3.05) is 0 Å². The fraction of sp³-hybridized carbons (Fsp3) is 0.0769. The van der Waals surface area contributed by atoms with E-state index >= 15 is 0 Å². The van der Waals surface area contributed by atoms with Gasteiger partial charge in [0.05, 0.1) is 22.7 Å². The summed E-state index contributed by atoms with van der Waals surface area (Å²) in [4.78, 5) is 26.0. The minimum Gasteiger partial charge on any atom is -0.481 e. The van der Waals surface area contributed by atoms with Crippen molar-refractivity contribution in [3.05, 3.63) is 51.7 Å². The topological polar surface area (TPSA) is 97.7 Å². The summed E-state index contributed by atoms with van der Waals surface area (Å²) in [6, 6.07) is 6.30. The predicted octanol–water partition coefficient (Wildman–Crippen LogP) is 2.60. The fourth-order valence-corrected chi connectivity index (χ4v) is 2.96. The van der Waals surface area contributed by atoms with E-state index in [1.54, 1.807) is 22.7 Å². The number of carboxylic acids is 1. The number of thiazole rings is 1. The molecule has 1 aromatic carbocycles. The molecule has 0 saturated carbocycles. The van der Waals surface area contributed by atoms with E-state index < -0.39 is 10.9 Å². The molecule has 3 aromatic rings. The first-order valence-electron chi connectivity index (χ1n) is 5.96. The lowest BCUT2D eigenvalue weighted by Crippen LogP contribution is -1.99. The molecule has 0 amide bonds. The van der Waals surface area contributed by atoms with E-state index in [0.717, 1.165) is 5.69 Å². The second kappa shape index (κ2) is 4.98. The zero-order chi connectivity index (χ0) is 15.0. The van der Waals surface area contributed by atoms with Crippen molar-refractivity contribution in [1.82, 2.24) is 9.38 Å². The lowest BCUT2D eigenvalue weighted by Gasteiger charge is -1.99. The molecule has 21 heavy (non-hydrogen) atoms. The van der Waals surface area contributed by atoms with Crippen molar-refractivity contribution in [1.29, 1.82) is 0 Å². The number of fused-ring (bicyclic) bond motifs is 1. The minimum absolute atomic E-state index is 0.0118. The summed E-state index contributed by atoms with van der Waals surface area (Å²) in [5, 5.41) is 21.5. The third-order valence-corrected chi connectivity index (χ3v) is 3.78. The highest BCUT2D eigenvalue weighted by Crippen LogP contribution is 2.28. The highest BCUT2D eigenvalue weighted by molar-refractivity contribution is 7.15. The molecule has 0 fully saturated rings. The van der Waals surface area contributed by atoms with Crippen LogP contribution in [0.4, 0.5) is 5.69 Å². The molecule has 0 saturated heterocycles. The van der Waals surface area contributed by atoms with Crippen LogP contribution in [0.25, 0.3) is 16.2 Å². The zero-order valence-electron chi connectivity index (χ0n) is 10.6. The Balaban J connectivity index is 2.07. The summed E-state index contributed by atoms with van der Waals surface area (Å²) in [6.45, 7) is 0. The van der Waals surface area contributed by atoms with Crippen molar-refractivity contribution in [2.24, 2.45) is 0 Å². The van der Waals surface area contributed by atoms with Gasteiger partial charge in [0.25, 0.3) is 5.69 Å². The molecule has 0 radical (unpaired) electrons. The number of nitro groups is 1. The molecule has 8 heteroatoms. The highest BCUT2D eigenvalue weighted by Gasteiger charge is 2.13. The van der Waals surface area contributed by atoms with E-state index in [-0.39, 0.29) is 12.1 Å². The summed E-state index contributed by atoms with van der Waals surface area (Å²) < 4.78 is 1.75. The van der Waals surface area contributed by atoms with Crippen LogP contribution >= 0.6 is 11.3 Å². The van der Waals surface area contributed by atoms with Gasteiger partial charge in [-0.2, -0.15) is 0 Å². The second-order valence-corrected chi connectivity index (χ2v) is 5.22. The average Bonchev–Trinajstić information content (AvgIpc) is 2.97. The van der Waals surface area contributed by atoms with E-state index in [4.69, 9.17) is 5.11 Å². The monoisotopic (exact) mass is 303 g/mol. The summed E-state index contributed by atoms with van der Waals surface area (Å²) in [5.74, 6) is -0.947. The molecule has 0 bridgehead atoms. The van der Waals surface area contributed by atoms with Gasteiger partial charge in [-0.3, -0.25) is 19.3 Å². The molecule has 0 aliphatic carbocycles. The molecule has 2 heterocycles. The van der Waals surface area contributed by atoms with E-state index in [2.05, 4.69) is 4.98 Å². The number of carboxylic acid groups (broad SMARTS) is 1. The largest absolute Gasteiger partial charge is 0.481 e. The molecule has 3 rings (SSSR count). The van der Waals surface area contributed by atoms with Gasteiger partial charge >= 0.3 is 5.97 Å². The van der Waals surface area contributed by atoms with E-state index in [9.17, 15) is 14.9 Å². The summed E-state index contributed by atoms with van der Waals surface area (Å²) in [5.41, 5.74) is 1.91. The Kier molecular flexibility index (Phi) is 3.15. The number of aromatic nitrogens is 2. The van der Waals surface area contributed by atoms with E-state index in [0.29, 0.717) is 16.2 Å². The SMILES string of the molecule is O=C(O)Cc1cn2c(-c3cccc([N+](=O)[O-])c3)csc2n1. The predicted molar refractivity (Wildman–Crippen MR) is 76.5 cm³/mol. The molecule has 7 nitrogen and oxygen atoms in total. The van der Waals surface area contributed by atoms with Gasteiger partial charge in [-0.15, -0.1) is 11.3 Å². The smallest absolute Gasteiger partial charge is 0.309 e. The number of carbonyl (C=O) groups is 1. The Hall–Kier alpha value is -2.74. The first-order valence-corrected chi connectivity index (χ1v) is 6.84. The Morgan fingerprint density at radius 3 is 3.00 bits per heavy atom. The second-order valence-electron chi connectivity index (χ2n) is 4.38. The van der Waals surface area contributed by atoms with Crippen LogP contribution in [0, 0.1) is 10.1 Å². The van der Waals surface area contributed by atoms with Crippen LogP contribution in [0.5, 0.6) is 0 Å². The van der Waals surface area contributed by atoms with Gasteiger partial charge in [-0.05, 0) is 0 Å². The molecule has 0 aliphatic rings. The average molecular weight is 303 g/mol. The van der Waals surface area contributed by atoms with Crippen LogP contribution in [0.3, 0.4) is 0 Å². The molecule has 0 atom stereocenters. The summed E-state index contributed by atoms with van der Waals surface area (Å²) >= 11 is 1.36. The Bertz CT molecular complexity index is 852. The van der Waals surface area contributed by atoms with E-state index in [1.165, 1.54) is 23.5 Å². The molecular formula is C13H9N3O4S. The molecule has 1 N–H and O–H groups in total. The Labute approximate surface area is 122 Å². The van der Waals surface area contributed by atoms with Crippen LogP contribution in [-0.4, -0.2) is 25.4 Å². The van der Waals surface area contributed by atoms with Crippen molar-refractivity contribution in [3.8, 4) is 11.3 Å². The van der Waals surface area contributed by atoms with Gasteiger partial charge in [0.1, 0.15) is 0 Å². The Morgan fingerprint density at radius 1 is 1.48 bits per heavy atom. The number of non-ortho nitro benzene ring substituents is 1. The molecule has 106 valence electrons. The van der Waals surface area contributed by atoms with Crippen LogP contribution < -0.4 is 0 Å². The minimum atomic E-state index is -0.947. The third kappa shape index (κ3) is 2.48. The molecular weight excluding hydrogens is 294 g/mol. The van der Waals surface area contributed by atoms with Gasteiger partial charge in [0.15, 0.2) is 4.96 Å². The fourth-order valence-electron chi connectivity index (χ4n) is 2.06. The highest BCUT2D eigenvalue weighted by atomic mass is 32.1. The number of nitro benzene ring substituents is 1. The summed E-state index contributed by atoms with van der Waals surface area (Å²) in [7, 11) is 0. The van der Waals surface area contributed by atoms with Gasteiger partial charge in [0.2, 0.25) is 0 Å². The molecule has 0 spiro atoms. The van der Waals surface area contributed by atoms with E-state index in [1.807, 2.05) is 5.38 Å². The van der Waals surface area contributed by atoms with Crippen LogP contribution in [0.1, 0.15) is 5.69 Å². The van der Waals surface area contributed by atoms with Gasteiger partial charge in [-0.1, -0.05) is 12.1 Å². The number of aliphatic carboxylic acids is 1. The van der Waals surface area contributed by atoms with Crippen molar-refractivity contribution >= 4 is 28.0 Å². The van der Waals surface area contributed by atoms with Crippen LogP contribution in [-0.2, 0) is 11.2 Å². The molecule has 2 aromatic heterocycles. The maximum atomic E-state index is 10.8. The quantitative estimate of drug-likeness (QED) is 0.590. The number of nitrogens with zero attached hydrogens (tertiary/aromatic N) is 3. The Morgan fingerprint density at radius 2 is 2.29 bits per heavy atom. The van der Waals surface area contributed by atoms with Crippen molar-refractivity contribution in [3.63, 3.8) is 0 Å². The number of hydrogen-bond donors (Lipinski definition) is 1. The van der Waals surface area contributed by atoms with Gasteiger partial charge in [-0.25, -0.2) is 4.98 Å². The molecule has 0 unspecified atom stereocenters. The van der Waals surface area contributed by atoms with Crippen molar-refractivity contribution in [2.45, 2.75) is 6.42 Å².